The van der Waals surface area contributed by atoms with Crippen LogP contribution in [0.4, 0.5) is 0 Å². The highest BCUT2D eigenvalue weighted by Gasteiger charge is 2.28. The van der Waals surface area contributed by atoms with E-state index < -0.39 is 0 Å². The van der Waals surface area contributed by atoms with Gasteiger partial charge in [0.25, 0.3) is 0 Å². The van der Waals surface area contributed by atoms with Gasteiger partial charge in [0.1, 0.15) is 6.54 Å². The van der Waals surface area contributed by atoms with E-state index in [1.54, 1.807) is 6.33 Å². The number of nitrogens with zero attached hydrogens (tertiary/aromatic N) is 4. The number of amides is 1. The Labute approximate surface area is 153 Å². The van der Waals surface area contributed by atoms with Crippen LogP contribution in [-0.4, -0.2) is 37.9 Å². The maximum absolute atomic E-state index is 12.9. The molecule has 4 rings (SSSR count). The molecule has 1 aromatic carbocycles. The summed E-state index contributed by atoms with van der Waals surface area (Å²) in [5.74, 6) is 0.196. The molecular weight excluding hydrogens is 324 g/mol. The highest BCUT2D eigenvalue weighted by atomic mass is 16.2. The van der Waals surface area contributed by atoms with E-state index in [2.05, 4.69) is 27.0 Å². The summed E-state index contributed by atoms with van der Waals surface area (Å²) in [6.45, 7) is 3.25. The summed E-state index contributed by atoms with van der Waals surface area (Å²) in [7, 11) is 0. The number of pyridine rings is 1. The van der Waals surface area contributed by atoms with E-state index in [9.17, 15) is 4.79 Å². The Bertz CT molecular complexity index is 917. The second kappa shape index (κ2) is 7.28. The van der Waals surface area contributed by atoms with Gasteiger partial charge in [-0.2, -0.15) is 0 Å². The Kier molecular flexibility index (Phi) is 4.69. The Morgan fingerprint density at radius 1 is 1.23 bits per heavy atom. The van der Waals surface area contributed by atoms with Gasteiger partial charge in [0, 0.05) is 24.5 Å². The molecule has 1 fully saturated rings. The van der Waals surface area contributed by atoms with Crippen molar-refractivity contribution in [2.75, 3.05) is 6.54 Å². The summed E-state index contributed by atoms with van der Waals surface area (Å²) in [4.78, 5) is 23.6. The Morgan fingerprint density at radius 3 is 3.00 bits per heavy atom. The van der Waals surface area contributed by atoms with Gasteiger partial charge >= 0.3 is 0 Å². The van der Waals surface area contributed by atoms with Crippen molar-refractivity contribution in [3.05, 3.63) is 60.2 Å². The predicted molar refractivity (Wildman–Crippen MR) is 102 cm³/mol. The highest BCUT2D eigenvalue weighted by Crippen LogP contribution is 2.23. The molecule has 1 aliphatic rings. The third kappa shape index (κ3) is 3.47. The molecule has 5 heteroatoms. The molecule has 1 atom stereocenters. The molecule has 1 amide bonds. The van der Waals surface area contributed by atoms with Gasteiger partial charge in [-0.25, -0.2) is 4.98 Å². The predicted octanol–water partition coefficient (Wildman–Crippen LogP) is 3.36. The van der Waals surface area contributed by atoms with Gasteiger partial charge in [0.2, 0.25) is 5.91 Å². The molecule has 2 aromatic heterocycles. The first-order chi connectivity index (χ1) is 12.7. The normalized spacial score (nSPS) is 17.1. The maximum Gasteiger partial charge on any atom is 0.242 e. The fourth-order valence-corrected chi connectivity index (χ4v) is 3.93. The lowest BCUT2D eigenvalue weighted by Gasteiger charge is -2.25. The zero-order valence-corrected chi connectivity index (χ0v) is 15.1. The first-order valence-corrected chi connectivity index (χ1v) is 9.31. The molecule has 1 saturated heterocycles. The smallest absolute Gasteiger partial charge is 0.242 e. The quantitative estimate of drug-likeness (QED) is 0.710. The minimum atomic E-state index is 0.196. The second-order valence-corrected chi connectivity index (χ2v) is 7.09. The van der Waals surface area contributed by atoms with Gasteiger partial charge in [-0.3, -0.25) is 9.78 Å². The van der Waals surface area contributed by atoms with Crippen molar-refractivity contribution in [2.45, 2.75) is 45.2 Å². The second-order valence-electron chi connectivity index (χ2n) is 7.09. The fraction of sp³-hybridized carbons (Fsp3) is 0.381. The maximum atomic E-state index is 12.9. The molecule has 134 valence electrons. The molecule has 26 heavy (non-hydrogen) atoms. The monoisotopic (exact) mass is 348 g/mol. The number of rotatable bonds is 5. The number of carbonyl (C=O) groups is 1. The minimum absolute atomic E-state index is 0.196. The number of hydrogen-bond acceptors (Lipinski definition) is 3. The molecule has 1 aliphatic heterocycles. The summed E-state index contributed by atoms with van der Waals surface area (Å²) >= 11 is 0. The summed E-state index contributed by atoms with van der Waals surface area (Å²) in [5.41, 5.74) is 4.31. The van der Waals surface area contributed by atoms with Crippen molar-refractivity contribution in [1.29, 1.82) is 0 Å². The van der Waals surface area contributed by atoms with Crippen LogP contribution in [0.5, 0.6) is 0 Å². The average Bonchev–Trinajstić information content (AvgIpc) is 3.27. The third-order valence-electron chi connectivity index (χ3n) is 5.26. The molecule has 5 nitrogen and oxygen atoms in total. The lowest BCUT2D eigenvalue weighted by Crippen LogP contribution is -2.37. The number of aryl methyl sites for hydroxylation is 2. The lowest BCUT2D eigenvalue weighted by atomic mass is 10.0. The van der Waals surface area contributed by atoms with Gasteiger partial charge in [0.05, 0.1) is 17.4 Å². The summed E-state index contributed by atoms with van der Waals surface area (Å²) < 4.78 is 1.96. The van der Waals surface area contributed by atoms with Gasteiger partial charge in [-0.1, -0.05) is 12.1 Å². The fourth-order valence-electron chi connectivity index (χ4n) is 3.93. The van der Waals surface area contributed by atoms with Crippen molar-refractivity contribution in [2.24, 2.45) is 0 Å². The van der Waals surface area contributed by atoms with E-state index in [0.29, 0.717) is 12.6 Å². The molecule has 0 spiro atoms. The largest absolute Gasteiger partial charge is 0.338 e. The SMILES string of the molecule is Cc1cc(CC[C@@H]2CCCN2C(=O)Cn2cnc3ccccc32)ccn1. The topological polar surface area (TPSA) is 51.0 Å². The van der Waals surface area contributed by atoms with Crippen LogP contribution in [0, 0.1) is 6.92 Å². The Balaban J connectivity index is 1.41. The summed E-state index contributed by atoms with van der Waals surface area (Å²) in [5, 5.41) is 0. The van der Waals surface area contributed by atoms with Crippen LogP contribution in [0.15, 0.2) is 48.9 Å². The number of para-hydroxylation sites is 2. The Hall–Kier alpha value is -2.69. The van der Waals surface area contributed by atoms with Crippen LogP contribution in [-0.2, 0) is 17.8 Å². The van der Waals surface area contributed by atoms with Crippen molar-refractivity contribution in [3.8, 4) is 0 Å². The number of carbonyl (C=O) groups excluding carboxylic acids is 1. The minimum Gasteiger partial charge on any atom is -0.338 e. The van der Waals surface area contributed by atoms with E-state index in [4.69, 9.17) is 0 Å². The first-order valence-electron chi connectivity index (χ1n) is 9.31. The van der Waals surface area contributed by atoms with Crippen molar-refractivity contribution in [1.82, 2.24) is 19.4 Å². The number of hydrogen-bond donors (Lipinski definition) is 0. The number of fused-ring (bicyclic) bond motifs is 1. The molecular formula is C21H24N4O. The average molecular weight is 348 g/mol. The molecule has 0 aliphatic carbocycles. The van der Waals surface area contributed by atoms with Crippen LogP contribution in [0.3, 0.4) is 0 Å². The molecule has 3 heterocycles. The summed E-state index contributed by atoms with van der Waals surface area (Å²) in [6.07, 6.45) is 7.84. The zero-order valence-electron chi connectivity index (χ0n) is 15.1. The molecule has 0 unspecified atom stereocenters. The van der Waals surface area contributed by atoms with Crippen molar-refractivity contribution in [3.63, 3.8) is 0 Å². The first kappa shape index (κ1) is 16.8. The van der Waals surface area contributed by atoms with E-state index in [0.717, 1.165) is 49.0 Å². The standard InChI is InChI=1S/C21H24N4O/c1-16-13-17(10-11-22-16)8-9-18-5-4-12-25(18)21(26)14-24-15-23-19-6-2-3-7-20(19)24/h2-3,6-7,10-11,13,15,18H,4-5,8-9,12,14H2,1H3/t18-/m0/s1. The van der Waals surface area contributed by atoms with Crippen molar-refractivity contribution >= 4 is 16.9 Å². The number of benzene rings is 1. The zero-order chi connectivity index (χ0) is 17.9. The van der Waals surface area contributed by atoms with E-state index >= 15 is 0 Å². The van der Waals surface area contributed by atoms with E-state index in [1.165, 1.54) is 5.56 Å². The van der Waals surface area contributed by atoms with E-state index in [1.807, 2.05) is 42.0 Å². The van der Waals surface area contributed by atoms with Gasteiger partial charge in [-0.15, -0.1) is 0 Å². The van der Waals surface area contributed by atoms with E-state index in [-0.39, 0.29) is 5.91 Å². The van der Waals surface area contributed by atoms with Crippen LogP contribution < -0.4 is 0 Å². The molecule has 0 saturated carbocycles. The van der Waals surface area contributed by atoms with Gasteiger partial charge in [-0.05, 0) is 62.4 Å². The van der Waals surface area contributed by atoms with Crippen LogP contribution >= 0.6 is 0 Å². The van der Waals surface area contributed by atoms with Gasteiger partial charge in [0.15, 0.2) is 0 Å². The van der Waals surface area contributed by atoms with Crippen LogP contribution in [0.1, 0.15) is 30.5 Å². The molecule has 0 N–H and O–H groups in total. The van der Waals surface area contributed by atoms with Crippen LogP contribution in [0.2, 0.25) is 0 Å². The van der Waals surface area contributed by atoms with Crippen LogP contribution in [0.25, 0.3) is 11.0 Å². The third-order valence-corrected chi connectivity index (χ3v) is 5.26. The molecule has 0 bridgehead atoms. The number of imidazole rings is 1. The van der Waals surface area contributed by atoms with Gasteiger partial charge < -0.3 is 9.47 Å². The molecule has 0 radical (unpaired) electrons. The Morgan fingerprint density at radius 2 is 2.12 bits per heavy atom. The number of aromatic nitrogens is 3. The number of likely N-dealkylation sites (tertiary alicyclic amines) is 1. The van der Waals surface area contributed by atoms with Crippen molar-refractivity contribution < 1.29 is 4.79 Å². The highest BCUT2D eigenvalue weighted by molar-refractivity contribution is 5.80. The molecule has 3 aromatic rings. The summed E-state index contributed by atoms with van der Waals surface area (Å²) in [6, 6.07) is 12.5. The lowest BCUT2D eigenvalue weighted by molar-refractivity contribution is -0.132.